The van der Waals surface area contributed by atoms with Gasteiger partial charge in [-0.3, -0.25) is 0 Å². The van der Waals surface area contributed by atoms with Gasteiger partial charge in [0.25, 0.3) is 0 Å². The number of hydrogen-bond donors (Lipinski definition) is 2. The zero-order chi connectivity index (χ0) is 19.5. The minimum Gasteiger partial charge on any atom is -0.340 e. The molecule has 0 aliphatic heterocycles. The second-order valence-corrected chi connectivity index (χ2v) is 7.50. The molecule has 5 rings (SSSR count). The fourth-order valence-electron chi connectivity index (χ4n) is 3.03. The van der Waals surface area contributed by atoms with Crippen LogP contribution in [0.25, 0.3) is 21.5 Å². The summed E-state index contributed by atoms with van der Waals surface area (Å²) in [6, 6.07) is 28.2. The quantitative estimate of drug-likeness (QED) is 0.369. The predicted octanol–water partition coefficient (Wildman–Crippen LogP) is 6.24. The van der Waals surface area contributed by atoms with E-state index < -0.39 is 0 Å². The maximum Gasteiger partial charge on any atom is 0.188 e. The highest BCUT2D eigenvalue weighted by atomic mass is 32.1. The standard InChI is InChI=1S/C23H17N5S/c1-2-6-16(7-3-1)20-14-22(25-15-24-20)26-17-10-12-18(13-11-17)27-23-28-19-8-4-5-9-21(19)29-23/h1-15H,(H,27,28)(H,24,25,26). The average Bonchev–Trinajstić information content (AvgIpc) is 3.18. The third-order valence-corrected chi connectivity index (χ3v) is 5.39. The summed E-state index contributed by atoms with van der Waals surface area (Å²) in [4.78, 5) is 13.3. The van der Waals surface area contributed by atoms with Gasteiger partial charge in [0, 0.05) is 23.0 Å². The number of nitrogens with zero attached hydrogens (tertiary/aromatic N) is 3. The molecule has 2 N–H and O–H groups in total. The lowest BCUT2D eigenvalue weighted by Crippen LogP contribution is -1.96. The molecule has 0 spiro atoms. The summed E-state index contributed by atoms with van der Waals surface area (Å²) in [5, 5.41) is 7.59. The van der Waals surface area contributed by atoms with Crippen LogP contribution in [0.4, 0.5) is 22.3 Å². The molecule has 0 atom stereocenters. The van der Waals surface area contributed by atoms with Gasteiger partial charge in [-0.05, 0) is 36.4 Å². The molecule has 0 saturated heterocycles. The second kappa shape index (κ2) is 7.69. The van der Waals surface area contributed by atoms with Gasteiger partial charge in [-0.15, -0.1) is 0 Å². The van der Waals surface area contributed by atoms with E-state index in [2.05, 4.69) is 31.7 Å². The third kappa shape index (κ3) is 3.93. The van der Waals surface area contributed by atoms with Crippen molar-refractivity contribution in [2.45, 2.75) is 0 Å². The van der Waals surface area contributed by atoms with E-state index in [1.165, 1.54) is 4.70 Å². The molecule has 0 saturated carbocycles. The normalized spacial score (nSPS) is 10.8. The summed E-state index contributed by atoms with van der Waals surface area (Å²) in [6.45, 7) is 0. The Hall–Kier alpha value is -3.77. The van der Waals surface area contributed by atoms with Crippen molar-refractivity contribution in [2.75, 3.05) is 10.6 Å². The van der Waals surface area contributed by atoms with E-state index in [9.17, 15) is 0 Å². The van der Waals surface area contributed by atoms with E-state index in [1.54, 1.807) is 17.7 Å². The molecule has 0 aliphatic carbocycles. The Morgan fingerprint density at radius 2 is 1.41 bits per heavy atom. The van der Waals surface area contributed by atoms with Crippen LogP contribution in [0.1, 0.15) is 0 Å². The number of rotatable bonds is 5. The van der Waals surface area contributed by atoms with E-state index in [0.29, 0.717) is 0 Å². The molecule has 5 aromatic rings. The molecule has 6 heteroatoms. The number of anilines is 4. The summed E-state index contributed by atoms with van der Waals surface area (Å²) >= 11 is 1.64. The highest BCUT2D eigenvalue weighted by Crippen LogP contribution is 2.29. The molecular weight excluding hydrogens is 378 g/mol. The van der Waals surface area contributed by atoms with Crippen LogP contribution in [-0.4, -0.2) is 15.0 Å². The van der Waals surface area contributed by atoms with Crippen molar-refractivity contribution in [1.82, 2.24) is 15.0 Å². The zero-order valence-electron chi connectivity index (χ0n) is 15.4. The summed E-state index contributed by atoms with van der Waals surface area (Å²) in [7, 11) is 0. The Morgan fingerprint density at radius 3 is 2.21 bits per heavy atom. The van der Waals surface area contributed by atoms with Crippen molar-refractivity contribution in [3.05, 3.63) is 91.3 Å². The molecule has 0 aliphatic rings. The van der Waals surface area contributed by atoms with E-state index in [-0.39, 0.29) is 0 Å². The molecule has 0 bridgehead atoms. The summed E-state index contributed by atoms with van der Waals surface area (Å²) in [5.41, 5.74) is 4.90. The van der Waals surface area contributed by atoms with Crippen LogP contribution in [-0.2, 0) is 0 Å². The maximum atomic E-state index is 4.61. The predicted molar refractivity (Wildman–Crippen MR) is 120 cm³/mol. The first kappa shape index (κ1) is 17.3. The molecule has 29 heavy (non-hydrogen) atoms. The van der Waals surface area contributed by atoms with Crippen LogP contribution in [0.15, 0.2) is 91.3 Å². The molecule has 2 heterocycles. The van der Waals surface area contributed by atoms with Gasteiger partial charge in [-0.1, -0.05) is 53.8 Å². The number of para-hydroxylation sites is 1. The number of thiazole rings is 1. The van der Waals surface area contributed by atoms with Crippen molar-refractivity contribution in [3.63, 3.8) is 0 Å². The fraction of sp³-hybridized carbons (Fsp3) is 0. The first-order chi connectivity index (χ1) is 14.3. The van der Waals surface area contributed by atoms with Gasteiger partial charge < -0.3 is 10.6 Å². The summed E-state index contributed by atoms with van der Waals surface area (Å²) in [5.74, 6) is 0.755. The molecule has 3 aromatic carbocycles. The van der Waals surface area contributed by atoms with Crippen molar-refractivity contribution < 1.29 is 0 Å². The van der Waals surface area contributed by atoms with Crippen LogP contribution in [0, 0.1) is 0 Å². The number of nitrogens with one attached hydrogen (secondary N) is 2. The molecule has 140 valence electrons. The molecule has 0 unspecified atom stereocenters. The van der Waals surface area contributed by atoms with E-state index in [4.69, 9.17) is 0 Å². The molecular formula is C23H17N5S. The first-order valence-electron chi connectivity index (χ1n) is 9.21. The summed E-state index contributed by atoms with van der Waals surface area (Å²) in [6.07, 6.45) is 1.58. The van der Waals surface area contributed by atoms with Crippen molar-refractivity contribution in [3.8, 4) is 11.3 Å². The highest BCUT2D eigenvalue weighted by molar-refractivity contribution is 7.22. The van der Waals surface area contributed by atoms with Crippen LogP contribution >= 0.6 is 11.3 Å². The molecule has 2 aromatic heterocycles. The van der Waals surface area contributed by atoms with Crippen molar-refractivity contribution >= 4 is 43.9 Å². The van der Waals surface area contributed by atoms with Gasteiger partial charge >= 0.3 is 0 Å². The molecule has 0 radical (unpaired) electrons. The molecule has 0 fully saturated rings. The largest absolute Gasteiger partial charge is 0.340 e. The maximum absolute atomic E-state index is 4.61. The van der Waals surface area contributed by atoms with E-state index >= 15 is 0 Å². The Morgan fingerprint density at radius 1 is 0.690 bits per heavy atom. The Balaban J connectivity index is 1.30. The van der Waals surface area contributed by atoms with Gasteiger partial charge in [0.1, 0.15) is 12.1 Å². The topological polar surface area (TPSA) is 62.7 Å². The van der Waals surface area contributed by atoms with E-state index in [0.717, 1.165) is 39.1 Å². The lowest BCUT2D eigenvalue weighted by atomic mass is 10.1. The summed E-state index contributed by atoms with van der Waals surface area (Å²) < 4.78 is 1.17. The first-order valence-corrected chi connectivity index (χ1v) is 10.0. The second-order valence-electron chi connectivity index (χ2n) is 6.47. The minimum atomic E-state index is 0.755. The van der Waals surface area contributed by atoms with Crippen LogP contribution in [0.2, 0.25) is 0 Å². The van der Waals surface area contributed by atoms with Crippen LogP contribution < -0.4 is 10.6 Å². The van der Waals surface area contributed by atoms with Gasteiger partial charge in [-0.25, -0.2) is 15.0 Å². The van der Waals surface area contributed by atoms with Gasteiger partial charge in [0.15, 0.2) is 5.13 Å². The molecule has 0 amide bonds. The smallest absolute Gasteiger partial charge is 0.188 e. The monoisotopic (exact) mass is 395 g/mol. The minimum absolute atomic E-state index is 0.755. The molecule has 5 nitrogen and oxygen atoms in total. The Labute approximate surface area is 172 Å². The number of hydrogen-bond acceptors (Lipinski definition) is 6. The Bertz CT molecular complexity index is 1220. The lowest BCUT2D eigenvalue weighted by molar-refractivity contribution is 1.17. The SMILES string of the molecule is c1ccc(-c2cc(Nc3ccc(Nc4nc5ccccc5s4)cc3)ncn2)cc1. The van der Waals surface area contributed by atoms with Crippen LogP contribution in [0.3, 0.4) is 0 Å². The fourth-order valence-corrected chi connectivity index (χ4v) is 3.91. The number of aromatic nitrogens is 3. The van der Waals surface area contributed by atoms with Gasteiger partial charge in [0.05, 0.1) is 15.9 Å². The van der Waals surface area contributed by atoms with Crippen LogP contribution in [0.5, 0.6) is 0 Å². The highest BCUT2D eigenvalue weighted by Gasteiger charge is 2.05. The van der Waals surface area contributed by atoms with Crippen molar-refractivity contribution in [1.29, 1.82) is 0 Å². The van der Waals surface area contributed by atoms with Gasteiger partial charge in [0.2, 0.25) is 0 Å². The number of fused-ring (bicyclic) bond motifs is 1. The average molecular weight is 395 g/mol. The lowest BCUT2D eigenvalue weighted by Gasteiger charge is -2.08. The Kier molecular flexibility index (Phi) is 4.60. The zero-order valence-corrected chi connectivity index (χ0v) is 16.2. The van der Waals surface area contributed by atoms with E-state index in [1.807, 2.05) is 78.9 Å². The van der Waals surface area contributed by atoms with Crippen molar-refractivity contribution in [2.24, 2.45) is 0 Å². The third-order valence-electron chi connectivity index (χ3n) is 4.44. The number of benzene rings is 3. The van der Waals surface area contributed by atoms with Gasteiger partial charge in [-0.2, -0.15) is 0 Å².